The minimum Gasteiger partial charge on any atom is -0.347 e. The molecule has 0 radical (unpaired) electrons. The molecule has 3 nitrogen and oxygen atoms in total. The Hall–Kier alpha value is -1.79. The van der Waals surface area contributed by atoms with Gasteiger partial charge in [-0.15, -0.1) is 0 Å². The molecular weight excluding hydrogens is 258 g/mol. The number of fused-ring (bicyclic) bond motifs is 1. The first kappa shape index (κ1) is 15.6. The lowest BCUT2D eigenvalue weighted by atomic mass is 9.89. The molecule has 0 fully saturated rings. The van der Waals surface area contributed by atoms with Crippen molar-refractivity contribution in [3.8, 4) is 6.07 Å². The van der Waals surface area contributed by atoms with Gasteiger partial charge >= 0.3 is 0 Å². The zero-order valence-electron chi connectivity index (χ0n) is 13.1. The van der Waals surface area contributed by atoms with Crippen LogP contribution < -0.4 is 5.73 Å². The number of aromatic nitrogens is 1. The third-order valence-electron chi connectivity index (χ3n) is 4.04. The highest BCUT2D eigenvalue weighted by Gasteiger charge is 2.15. The van der Waals surface area contributed by atoms with Gasteiger partial charge in [0.2, 0.25) is 0 Å². The lowest BCUT2D eigenvalue weighted by Crippen LogP contribution is -2.08. The fourth-order valence-corrected chi connectivity index (χ4v) is 2.79. The molecular formula is C18H25N3. The molecule has 0 spiro atoms. The number of aryl methyl sites for hydroxylation is 1. The lowest BCUT2D eigenvalue weighted by molar-refractivity contribution is 0.418. The van der Waals surface area contributed by atoms with E-state index in [9.17, 15) is 0 Å². The van der Waals surface area contributed by atoms with Crippen LogP contribution in [0.2, 0.25) is 0 Å². The zero-order chi connectivity index (χ0) is 15.3. The van der Waals surface area contributed by atoms with Gasteiger partial charge in [0.05, 0.1) is 17.0 Å². The van der Waals surface area contributed by atoms with Gasteiger partial charge in [0.25, 0.3) is 0 Å². The van der Waals surface area contributed by atoms with E-state index in [1.807, 2.05) is 13.8 Å². The molecule has 0 amide bonds. The molecule has 1 heterocycles. The highest BCUT2D eigenvalue weighted by atomic mass is 14.9. The van der Waals surface area contributed by atoms with Crippen molar-refractivity contribution in [1.82, 2.24) is 4.57 Å². The molecule has 0 aliphatic carbocycles. The van der Waals surface area contributed by atoms with Crippen LogP contribution in [0.25, 0.3) is 10.9 Å². The van der Waals surface area contributed by atoms with Gasteiger partial charge in [0, 0.05) is 12.7 Å². The van der Waals surface area contributed by atoms with Crippen molar-refractivity contribution in [3.05, 3.63) is 36.0 Å². The quantitative estimate of drug-likeness (QED) is 0.784. The van der Waals surface area contributed by atoms with Gasteiger partial charge in [-0.1, -0.05) is 24.6 Å². The van der Waals surface area contributed by atoms with E-state index in [4.69, 9.17) is 11.0 Å². The van der Waals surface area contributed by atoms with Gasteiger partial charge in [0.15, 0.2) is 0 Å². The molecule has 2 N–H and O–H groups in total. The van der Waals surface area contributed by atoms with Crippen molar-refractivity contribution in [2.24, 2.45) is 11.1 Å². The van der Waals surface area contributed by atoms with Crippen LogP contribution in [-0.4, -0.2) is 11.1 Å². The molecule has 0 saturated heterocycles. The SMILES string of the molecule is CC(C)(C#N)CCCCn1ccc2cccc(CCN)c21. The summed E-state index contributed by atoms with van der Waals surface area (Å²) in [4.78, 5) is 0. The van der Waals surface area contributed by atoms with E-state index < -0.39 is 0 Å². The summed E-state index contributed by atoms with van der Waals surface area (Å²) in [7, 11) is 0. The Morgan fingerprint density at radius 1 is 1.24 bits per heavy atom. The average Bonchev–Trinajstić information content (AvgIpc) is 2.88. The summed E-state index contributed by atoms with van der Waals surface area (Å²) >= 11 is 0. The molecule has 3 heteroatoms. The second-order valence-corrected chi connectivity index (χ2v) is 6.36. The Labute approximate surface area is 127 Å². The molecule has 21 heavy (non-hydrogen) atoms. The highest BCUT2D eigenvalue weighted by Crippen LogP contribution is 2.24. The van der Waals surface area contributed by atoms with E-state index in [0.717, 1.165) is 32.2 Å². The molecule has 0 unspecified atom stereocenters. The fourth-order valence-electron chi connectivity index (χ4n) is 2.79. The highest BCUT2D eigenvalue weighted by molar-refractivity contribution is 5.83. The van der Waals surface area contributed by atoms with Crippen molar-refractivity contribution in [1.29, 1.82) is 5.26 Å². The smallest absolute Gasteiger partial charge is 0.0683 e. The van der Waals surface area contributed by atoms with E-state index in [1.54, 1.807) is 0 Å². The van der Waals surface area contributed by atoms with E-state index in [-0.39, 0.29) is 5.41 Å². The molecule has 0 saturated carbocycles. The van der Waals surface area contributed by atoms with Crippen molar-refractivity contribution < 1.29 is 0 Å². The van der Waals surface area contributed by atoms with Crippen molar-refractivity contribution in [2.45, 2.75) is 46.1 Å². The number of rotatable bonds is 7. The molecule has 0 aliphatic rings. The lowest BCUT2D eigenvalue weighted by Gasteiger charge is -2.15. The largest absolute Gasteiger partial charge is 0.347 e. The number of para-hydroxylation sites is 1. The Morgan fingerprint density at radius 2 is 2.05 bits per heavy atom. The summed E-state index contributed by atoms with van der Waals surface area (Å²) in [6.07, 6.45) is 6.23. The average molecular weight is 283 g/mol. The molecule has 1 aromatic heterocycles. The Bertz CT molecular complexity index is 631. The first-order valence-electron chi connectivity index (χ1n) is 7.75. The normalized spacial score (nSPS) is 11.7. The van der Waals surface area contributed by atoms with Crippen molar-refractivity contribution in [3.63, 3.8) is 0 Å². The van der Waals surface area contributed by atoms with Crippen LogP contribution in [0.3, 0.4) is 0 Å². The standard InChI is InChI=1S/C18H25N3/c1-18(2,14-20)10-3-4-12-21-13-9-16-7-5-6-15(8-11-19)17(16)21/h5-7,9,13H,3-4,8,10-12,19H2,1-2H3. The molecule has 2 rings (SSSR count). The van der Waals surface area contributed by atoms with E-state index in [2.05, 4.69) is 41.1 Å². The van der Waals surface area contributed by atoms with Crippen molar-refractivity contribution >= 4 is 10.9 Å². The molecule has 2 aromatic rings. The predicted octanol–water partition coefficient (Wildman–Crippen LogP) is 3.86. The maximum Gasteiger partial charge on any atom is 0.0683 e. The van der Waals surface area contributed by atoms with Crippen LogP contribution in [0.1, 0.15) is 38.7 Å². The fraction of sp³-hybridized carbons (Fsp3) is 0.500. The number of nitriles is 1. The van der Waals surface area contributed by atoms with E-state index >= 15 is 0 Å². The number of nitrogens with two attached hydrogens (primary N) is 1. The monoisotopic (exact) mass is 283 g/mol. The predicted molar refractivity (Wildman–Crippen MR) is 87.9 cm³/mol. The van der Waals surface area contributed by atoms with Gasteiger partial charge in [-0.25, -0.2) is 0 Å². The first-order valence-corrected chi connectivity index (χ1v) is 7.75. The Morgan fingerprint density at radius 3 is 2.76 bits per heavy atom. The summed E-state index contributed by atoms with van der Waals surface area (Å²) in [5.41, 5.74) is 8.16. The summed E-state index contributed by atoms with van der Waals surface area (Å²) in [5, 5.41) is 10.3. The summed E-state index contributed by atoms with van der Waals surface area (Å²) in [6.45, 7) is 5.71. The van der Waals surface area contributed by atoms with Crippen LogP contribution in [0.15, 0.2) is 30.5 Å². The summed E-state index contributed by atoms with van der Waals surface area (Å²) < 4.78 is 2.33. The minimum absolute atomic E-state index is 0.205. The molecule has 0 aliphatic heterocycles. The van der Waals surface area contributed by atoms with Crippen LogP contribution in [0, 0.1) is 16.7 Å². The second-order valence-electron chi connectivity index (χ2n) is 6.36. The molecule has 0 atom stereocenters. The summed E-state index contributed by atoms with van der Waals surface area (Å²) in [6, 6.07) is 11.0. The van der Waals surface area contributed by atoms with Gasteiger partial charge in [-0.3, -0.25) is 0 Å². The topological polar surface area (TPSA) is 54.7 Å². The van der Waals surface area contributed by atoms with Crippen LogP contribution in [0.5, 0.6) is 0 Å². The minimum atomic E-state index is -0.205. The number of hydrogen-bond donors (Lipinski definition) is 1. The van der Waals surface area contributed by atoms with E-state index in [1.165, 1.54) is 16.5 Å². The van der Waals surface area contributed by atoms with Crippen LogP contribution in [-0.2, 0) is 13.0 Å². The first-order chi connectivity index (χ1) is 10.1. The van der Waals surface area contributed by atoms with Gasteiger partial charge < -0.3 is 10.3 Å². The number of unbranched alkanes of at least 4 members (excludes halogenated alkanes) is 1. The summed E-state index contributed by atoms with van der Waals surface area (Å²) in [5.74, 6) is 0. The van der Waals surface area contributed by atoms with Gasteiger partial charge in [-0.2, -0.15) is 5.26 Å². The van der Waals surface area contributed by atoms with E-state index in [0.29, 0.717) is 6.54 Å². The molecule has 112 valence electrons. The van der Waals surface area contributed by atoms with Crippen LogP contribution >= 0.6 is 0 Å². The van der Waals surface area contributed by atoms with Crippen LogP contribution in [0.4, 0.5) is 0 Å². The number of nitrogens with zero attached hydrogens (tertiary/aromatic N) is 2. The number of hydrogen-bond acceptors (Lipinski definition) is 2. The maximum absolute atomic E-state index is 9.05. The number of benzene rings is 1. The third-order valence-corrected chi connectivity index (χ3v) is 4.04. The second kappa shape index (κ2) is 6.78. The van der Waals surface area contributed by atoms with Gasteiger partial charge in [-0.05, 0) is 56.7 Å². The Kier molecular flexibility index (Phi) is 5.03. The van der Waals surface area contributed by atoms with Crippen molar-refractivity contribution in [2.75, 3.05) is 6.54 Å². The third kappa shape index (κ3) is 3.86. The molecule has 0 bridgehead atoms. The molecule has 1 aromatic carbocycles. The Balaban J connectivity index is 2.04. The zero-order valence-corrected chi connectivity index (χ0v) is 13.1. The van der Waals surface area contributed by atoms with Gasteiger partial charge in [0.1, 0.15) is 0 Å². The maximum atomic E-state index is 9.05.